The van der Waals surface area contributed by atoms with E-state index in [9.17, 15) is 18.0 Å². The summed E-state index contributed by atoms with van der Waals surface area (Å²) in [7, 11) is -3.87. The van der Waals surface area contributed by atoms with Crippen LogP contribution in [0.25, 0.3) is 0 Å². The number of nitrogens with zero attached hydrogens (tertiary/aromatic N) is 2. The van der Waals surface area contributed by atoms with E-state index >= 15 is 0 Å². The number of anilines is 1. The number of piperidine rings is 1. The highest BCUT2D eigenvalue weighted by molar-refractivity contribution is 7.89. The van der Waals surface area contributed by atoms with Gasteiger partial charge in [-0.05, 0) is 44.0 Å². The molecule has 8 nitrogen and oxygen atoms in total. The fourth-order valence-electron chi connectivity index (χ4n) is 3.12. The van der Waals surface area contributed by atoms with Crippen molar-refractivity contribution in [2.75, 3.05) is 18.4 Å². The summed E-state index contributed by atoms with van der Waals surface area (Å²) in [5.74, 6) is -0.919. The second kappa shape index (κ2) is 9.21. The molecule has 11 heteroatoms. The van der Waals surface area contributed by atoms with E-state index in [-0.39, 0.29) is 29.2 Å². The number of thiazole rings is 1. The quantitative estimate of drug-likeness (QED) is 0.693. The van der Waals surface area contributed by atoms with Crippen molar-refractivity contribution in [1.29, 1.82) is 0 Å². The van der Waals surface area contributed by atoms with Gasteiger partial charge >= 0.3 is 0 Å². The average Bonchev–Trinajstić information content (AvgIpc) is 3.20. The third-order valence-electron chi connectivity index (χ3n) is 4.59. The molecule has 0 radical (unpaired) electrons. The molecule has 2 heterocycles. The summed E-state index contributed by atoms with van der Waals surface area (Å²) >= 11 is 7.12. The van der Waals surface area contributed by atoms with Crippen LogP contribution in [0.4, 0.5) is 5.13 Å². The predicted octanol–water partition coefficient (Wildman–Crippen LogP) is 2.34. The molecule has 1 aromatic heterocycles. The fourth-order valence-corrected chi connectivity index (χ4v) is 4.98. The van der Waals surface area contributed by atoms with Crippen LogP contribution in [0.15, 0.2) is 40.7 Å². The van der Waals surface area contributed by atoms with Crippen LogP contribution < -0.4 is 10.0 Å². The highest BCUT2D eigenvalue weighted by Crippen LogP contribution is 2.21. The van der Waals surface area contributed by atoms with E-state index < -0.39 is 16.1 Å². The van der Waals surface area contributed by atoms with Gasteiger partial charge in [0.25, 0.3) is 0 Å². The van der Waals surface area contributed by atoms with Gasteiger partial charge in [-0.2, -0.15) is 4.72 Å². The molecule has 1 unspecified atom stereocenters. The molecule has 2 atom stereocenters. The summed E-state index contributed by atoms with van der Waals surface area (Å²) in [6.07, 6.45) is 2.93. The van der Waals surface area contributed by atoms with Crippen molar-refractivity contribution in [3.63, 3.8) is 0 Å². The summed E-state index contributed by atoms with van der Waals surface area (Å²) in [5, 5.41) is 5.45. The number of halogens is 1. The highest BCUT2D eigenvalue weighted by Gasteiger charge is 2.32. The predicted molar refractivity (Wildman–Crippen MR) is 111 cm³/mol. The first-order valence-electron chi connectivity index (χ1n) is 9.03. The van der Waals surface area contributed by atoms with E-state index in [1.165, 1.54) is 47.4 Å². The van der Waals surface area contributed by atoms with E-state index in [0.717, 1.165) is 0 Å². The molecule has 1 fully saturated rings. The highest BCUT2D eigenvalue weighted by atomic mass is 35.5. The Hall–Kier alpha value is -2.01. The number of nitrogens with one attached hydrogen (secondary N) is 2. The minimum absolute atomic E-state index is 0.0286. The lowest BCUT2D eigenvalue weighted by atomic mass is 9.96. The van der Waals surface area contributed by atoms with E-state index in [0.29, 0.717) is 29.5 Å². The van der Waals surface area contributed by atoms with Gasteiger partial charge in [-0.15, -0.1) is 11.3 Å². The fraction of sp³-hybridized carbons (Fsp3) is 0.389. The first-order valence-corrected chi connectivity index (χ1v) is 11.8. The third kappa shape index (κ3) is 5.53. The molecule has 0 spiro atoms. The molecule has 0 saturated carbocycles. The van der Waals surface area contributed by atoms with Crippen LogP contribution in [-0.4, -0.2) is 49.2 Å². The Morgan fingerprint density at radius 3 is 2.69 bits per heavy atom. The van der Waals surface area contributed by atoms with E-state index in [2.05, 4.69) is 15.0 Å². The van der Waals surface area contributed by atoms with E-state index in [1.54, 1.807) is 11.6 Å². The maximum Gasteiger partial charge on any atom is 0.241 e. The molecule has 2 amide bonds. The minimum Gasteiger partial charge on any atom is -0.341 e. The van der Waals surface area contributed by atoms with Crippen molar-refractivity contribution in [2.45, 2.75) is 30.7 Å². The summed E-state index contributed by atoms with van der Waals surface area (Å²) < 4.78 is 27.4. The Balaban J connectivity index is 1.61. The van der Waals surface area contributed by atoms with Crippen LogP contribution in [0.1, 0.15) is 19.8 Å². The van der Waals surface area contributed by atoms with Crippen molar-refractivity contribution < 1.29 is 18.0 Å². The second-order valence-corrected chi connectivity index (χ2v) is 9.79. The number of amides is 2. The van der Waals surface area contributed by atoms with Gasteiger partial charge < -0.3 is 10.2 Å². The van der Waals surface area contributed by atoms with E-state index in [4.69, 9.17) is 11.6 Å². The van der Waals surface area contributed by atoms with Crippen molar-refractivity contribution in [3.8, 4) is 0 Å². The molecule has 1 aliphatic rings. The van der Waals surface area contributed by atoms with Gasteiger partial charge in [0.15, 0.2) is 5.13 Å². The van der Waals surface area contributed by atoms with Crippen LogP contribution in [0.3, 0.4) is 0 Å². The Morgan fingerprint density at radius 2 is 2.03 bits per heavy atom. The van der Waals surface area contributed by atoms with Crippen molar-refractivity contribution in [3.05, 3.63) is 40.9 Å². The van der Waals surface area contributed by atoms with Crippen LogP contribution in [-0.2, 0) is 19.6 Å². The number of carbonyl (C=O) groups is 2. The molecule has 156 valence electrons. The van der Waals surface area contributed by atoms with Crippen LogP contribution in [0, 0.1) is 5.92 Å². The number of hydrogen-bond acceptors (Lipinski definition) is 6. The second-order valence-electron chi connectivity index (χ2n) is 6.75. The molecular weight excluding hydrogens is 436 g/mol. The molecule has 1 aromatic carbocycles. The lowest BCUT2D eigenvalue weighted by molar-refractivity contribution is -0.135. The topological polar surface area (TPSA) is 108 Å². The smallest absolute Gasteiger partial charge is 0.241 e. The summed E-state index contributed by atoms with van der Waals surface area (Å²) in [5.41, 5.74) is 0. The van der Waals surface area contributed by atoms with Gasteiger partial charge in [-0.3, -0.25) is 9.59 Å². The third-order valence-corrected chi connectivity index (χ3v) is 7.09. The SMILES string of the molecule is C[C@H](NS(=O)(=O)c1ccc(Cl)cc1)C(=O)N1CCCC(C(=O)Nc2nccs2)C1. The zero-order valence-corrected chi connectivity index (χ0v) is 18.1. The van der Waals surface area contributed by atoms with Gasteiger partial charge in [0.2, 0.25) is 21.8 Å². The number of benzene rings is 1. The Kier molecular flexibility index (Phi) is 6.89. The number of sulfonamides is 1. The Labute approximate surface area is 178 Å². The zero-order valence-electron chi connectivity index (χ0n) is 15.7. The zero-order chi connectivity index (χ0) is 21.0. The molecule has 1 saturated heterocycles. The lowest BCUT2D eigenvalue weighted by Gasteiger charge is -2.33. The number of likely N-dealkylation sites (tertiary alicyclic amines) is 1. The number of carbonyl (C=O) groups excluding carboxylic acids is 2. The molecule has 2 N–H and O–H groups in total. The van der Waals surface area contributed by atoms with Gasteiger partial charge in [-0.1, -0.05) is 11.6 Å². The lowest BCUT2D eigenvalue weighted by Crippen LogP contribution is -2.51. The molecule has 0 bridgehead atoms. The molecule has 3 rings (SSSR count). The first-order chi connectivity index (χ1) is 13.8. The number of hydrogen-bond donors (Lipinski definition) is 2. The Morgan fingerprint density at radius 1 is 1.31 bits per heavy atom. The van der Waals surface area contributed by atoms with Gasteiger partial charge in [0, 0.05) is 29.7 Å². The molecule has 1 aliphatic heterocycles. The summed E-state index contributed by atoms with van der Waals surface area (Å²) in [6, 6.07) is 4.73. The van der Waals surface area contributed by atoms with Crippen molar-refractivity contribution >= 4 is 49.9 Å². The van der Waals surface area contributed by atoms with Crippen molar-refractivity contribution in [1.82, 2.24) is 14.6 Å². The number of aromatic nitrogens is 1. The maximum absolute atomic E-state index is 12.8. The van der Waals surface area contributed by atoms with Crippen LogP contribution in [0.2, 0.25) is 5.02 Å². The normalized spacial score (nSPS) is 18.3. The monoisotopic (exact) mass is 456 g/mol. The maximum atomic E-state index is 12.8. The first kappa shape index (κ1) is 21.7. The van der Waals surface area contributed by atoms with Gasteiger partial charge in [0.1, 0.15) is 0 Å². The standard InChI is InChI=1S/C18H21ClN4O4S2/c1-12(22-29(26,27)15-6-4-14(19)5-7-15)17(25)23-9-2-3-13(11-23)16(24)21-18-20-8-10-28-18/h4-8,10,12-13,22H,2-3,9,11H2,1H3,(H,20,21,24)/t12-,13?/m0/s1. The minimum atomic E-state index is -3.87. The summed E-state index contributed by atoms with van der Waals surface area (Å²) in [6.45, 7) is 2.21. The van der Waals surface area contributed by atoms with Gasteiger partial charge in [0.05, 0.1) is 16.9 Å². The largest absolute Gasteiger partial charge is 0.341 e. The van der Waals surface area contributed by atoms with Gasteiger partial charge in [-0.25, -0.2) is 13.4 Å². The summed E-state index contributed by atoms with van der Waals surface area (Å²) in [4.78, 5) is 30.8. The molecule has 2 aromatic rings. The van der Waals surface area contributed by atoms with Crippen LogP contribution >= 0.6 is 22.9 Å². The molecule has 29 heavy (non-hydrogen) atoms. The molecule has 0 aliphatic carbocycles. The Bertz CT molecular complexity index is 964. The van der Waals surface area contributed by atoms with E-state index in [1.807, 2.05) is 0 Å². The molecular formula is C18H21ClN4O4S2. The van der Waals surface area contributed by atoms with Crippen LogP contribution in [0.5, 0.6) is 0 Å². The van der Waals surface area contributed by atoms with Crippen molar-refractivity contribution in [2.24, 2.45) is 5.92 Å². The average molecular weight is 457 g/mol. The number of rotatable bonds is 6.